The van der Waals surface area contributed by atoms with Crippen molar-refractivity contribution < 1.29 is 29.6 Å². The van der Waals surface area contributed by atoms with Crippen molar-refractivity contribution in [2.45, 2.75) is 19.1 Å². The highest BCUT2D eigenvalue weighted by molar-refractivity contribution is 6.46. The zero-order valence-corrected chi connectivity index (χ0v) is 16.6. The number of hydrogen-bond acceptors (Lipinski definition) is 6. The Morgan fingerprint density at radius 1 is 1.21 bits per heavy atom. The second-order valence-electron chi connectivity index (χ2n) is 6.74. The van der Waals surface area contributed by atoms with Gasteiger partial charge in [-0.3, -0.25) is 9.59 Å². The molecule has 8 heteroatoms. The van der Waals surface area contributed by atoms with Crippen molar-refractivity contribution >= 4 is 29.1 Å². The third kappa shape index (κ3) is 3.92. The Morgan fingerprint density at radius 3 is 2.45 bits per heavy atom. The summed E-state index contributed by atoms with van der Waals surface area (Å²) < 4.78 is 5.13. The summed E-state index contributed by atoms with van der Waals surface area (Å²) in [6, 6.07) is 9.60. The summed E-state index contributed by atoms with van der Waals surface area (Å²) in [5.74, 6) is -2.02. The van der Waals surface area contributed by atoms with Gasteiger partial charge in [0.05, 0.1) is 24.8 Å². The average molecular weight is 418 g/mol. The second kappa shape index (κ2) is 8.14. The second-order valence-corrected chi connectivity index (χ2v) is 7.18. The smallest absolute Gasteiger partial charge is 0.295 e. The highest BCUT2D eigenvalue weighted by atomic mass is 35.5. The lowest BCUT2D eigenvalue weighted by atomic mass is 9.95. The normalized spacial score (nSPS) is 19.4. The maximum atomic E-state index is 12.8. The number of hydrogen-bond donors (Lipinski definition) is 3. The average Bonchev–Trinajstić information content (AvgIpc) is 2.93. The number of ketones is 1. The number of benzene rings is 2. The minimum Gasteiger partial charge on any atom is -0.507 e. The summed E-state index contributed by atoms with van der Waals surface area (Å²) in [5.41, 5.74) is 0.640. The first-order valence-electron chi connectivity index (χ1n) is 8.84. The highest BCUT2D eigenvalue weighted by Gasteiger charge is 2.46. The van der Waals surface area contributed by atoms with Crippen molar-refractivity contribution in [3.8, 4) is 11.5 Å². The van der Waals surface area contributed by atoms with Crippen LogP contribution in [0.1, 0.15) is 24.1 Å². The van der Waals surface area contributed by atoms with E-state index in [2.05, 4.69) is 0 Å². The van der Waals surface area contributed by atoms with E-state index in [0.29, 0.717) is 16.1 Å². The third-order valence-corrected chi connectivity index (χ3v) is 4.89. The number of aliphatic hydroxyl groups is 2. The van der Waals surface area contributed by atoms with E-state index >= 15 is 0 Å². The van der Waals surface area contributed by atoms with Crippen LogP contribution in [0.5, 0.6) is 11.5 Å². The molecule has 0 aromatic heterocycles. The Bertz CT molecular complexity index is 983. The van der Waals surface area contributed by atoms with Crippen molar-refractivity contribution in [2.24, 2.45) is 0 Å². The SMILES string of the molecule is COc1cc([C@H]2C(=C(O)c3ccc(Cl)cc3)C(=O)C(=O)N2C[C@@H](C)O)ccc1O. The van der Waals surface area contributed by atoms with E-state index in [1.54, 1.807) is 12.1 Å². The van der Waals surface area contributed by atoms with Crippen LogP contribution in [-0.4, -0.2) is 51.7 Å². The van der Waals surface area contributed by atoms with Gasteiger partial charge < -0.3 is 25.0 Å². The van der Waals surface area contributed by atoms with E-state index in [4.69, 9.17) is 16.3 Å². The Morgan fingerprint density at radius 2 is 1.86 bits per heavy atom. The van der Waals surface area contributed by atoms with Crippen LogP contribution in [0.25, 0.3) is 5.76 Å². The van der Waals surface area contributed by atoms with Crippen LogP contribution >= 0.6 is 11.6 Å². The van der Waals surface area contributed by atoms with Crippen molar-refractivity contribution in [3.05, 3.63) is 64.2 Å². The number of rotatable bonds is 5. The summed E-state index contributed by atoms with van der Waals surface area (Å²) in [5, 5.41) is 31.0. The molecule has 0 bridgehead atoms. The predicted octanol–water partition coefficient (Wildman–Crippen LogP) is 2.86. The van der Waals surface area contributed by atoms with Gasteiger partial charge in [-0.05, 0) is 48.9 Å². The Hall–Kier alpha value is -3.03. The van der Waals surface area contributed by atoms with Gasteiger partial charge in [0.2, 0.25) is 0 Å². The van der Waals surface area contributed by atoms with Crippen LogP contribution < -0.4 is 4.74 Å². The number of aliphatic hydroxyl groups excluding tert-OH is 2. The van der Waals surface area contributed by atoms with Gasteiger partial charge in [-0.15, -0.1) is 0 Å². The number of nitrogens with zero attached hydrogens (tertiary/aromatic N) is 1. The van der Waals surface area contributed by atoms with Gasteiger partial charge >= 0.3 is 0 Å². The summed E-state index contributed by atoms with van der Waals surface area (Å²) in [6.45, 7) is 1.38. The van der Waals surface area contributed by atoms with Crippen LogP contribution in [0.2, 0.25) is 5.02 Å². The molecule has 152 valence electrons. The number of aromatic hydroxyl groups is 1. The molecule has 3 N–H and O–H groups in total. The number of halogens is 1. The molecule has 2 aromatic carbocycles. The summed E-state index contributed by atoms with van der Waals surface area (Å²) >= 11 is 5.89. The van der Waals surface area contributed by atoms with Crippen molar-refractivity contribution in [1.82, 2.24) is 4.90 Å². The van der Waals surface area contributed by atoms with Crippen LogP contribution in [0, 0.1) is 0 Å². The maximum Gasteiger partial charge on any atom is 0.295 e. The molecule has 3 rings (SSSR count). The van der Waals surface area contributed by atoms with Gasteiger partial charge in [-0.2, -0.15) is 0 Å². The molecule has 0 aliphatic carbocycles. The monoisotopic (exact) mass is 417 g/mol. The molecule has 1 saturated heterocycles. The molecule has 0 unspecified atom stereocenters. The molecule has 0 radical (unpaired) electrons. The van der Waals surface area contributed by atoms with Gasteiger partial charge in [0.25, 0.3) is 11.7 Å². The summed E-state index contributed by atoms with van der Waals surface area (Å²) in [6.07, 6.45) is -0.898. The van der Waals surface area contributed by atoms with Crippen molar-refractivity contribution in [3.63, 3.8) is 0 Å². The van der Waals surface area contributed by atoms with Gasteiger partial charge in [-0.1, -0.05) is 17.7 Å². The predicted molar refractivity (Wildman–Crippen MR) is 107 cm³/mol. The Balaban J connectivity index is 2.21. The van der Waals surface area contributed by atoms with Crippen molar-refractivity contribution in [1.29, 1.82) is 0 Å². The number of likely N-dealkylation sites (tertiary alicyclic amines) is 1. The maximum absolute atomic E-state index is 12.8. The van der Waals surface area contributed by atoms with Gasteiger partial charge in [-0.25, -0.2) is 0 Å². The highest BCUT2D eigenvalue weighted by Crippen LogP contribution is 2.41. The van der Waals surface area contributed by atoms with Crippen molar-refractivity contribution in [2.75, 3.05) is 13.7 Å². The lowest BCUT2D eigenvalue weighted by molar-refractivity contribution is -0.140. The first-order valence-corrected chi connectivity index (χ1v) is 9.21. The zero-order chi connectivity index (χ0) is 21.3. The molecule has 1 aliphatic rings. The minimum atomic E-state index is -0.963. The van der Waals surface area contributed by atoms with Crippen LogP contribution in [-0.2, 0) is 9.59 Å². The molecule has 1 aliphatic heterocycles. The number of β-amino-alcohol motifs (C(OH)–C–C–N with tert-alkyl or cyclic N) is 1. The minimum absolute atomic E-state index is 0.110. The lowest BCUT2D eigenvalue weighted by Crippen LogP contribution is -2.35. The summed E-state index contributed by atoms with van der Waals surface area (Å²) in [4.78, 5) is 26.6. The molecule has 2 atom stereocenters. The first kappa shape index (κ1) is 20.7. The van der Waals surface area contributed by atoms with E-state index in [9.17, 15) is 24.9 Å². The van der Waals surface area contributed by atoms with E-state index in [1.807, 2.05) is 0 Å². The zero-order valence-electron chi connectivity index (χ0n) is 15.8. The van der Waals surface area contributed by atoms with Crippen LogP contribution in [0.4, 0.5) is 0 Å². The molecule has 0 saturated carbocycles. The molecule has 29 heavy (non-hydrogen) atoms. The van der Waals surface area contributed by atoms with Crippen LogP contribution in [0.15, 0.2) is 48.0 Å². The van der Waals surface area contributed by atoms with E-state index in [-0.39, 0.29) is 29.4 Å². The number of carbonyl (C=O) groups excluding carboxylic acids is 2. The van der Waals surface area contributed by atoms with Gasteiger partial charge in [0.1, 0.15) is 5.76 Å². The number of carbonyl (C=O) groups is 2. The number of ether oxygens (including phenoxy) is 1. The first-order chi connectivity index (χ1) is 13.7. The fraction of sp³-hybridized carbons (Fsp3) is 0.238. The van der Waals surface area contributed by atoms with E-state index in [1.165, 1.54) is 49.3 Å². The number of Topliss-reactive ketones (excluding diaryl/α,β-unsaturated/α-hetero) is 1. The topological polar surface area (TPSA) is 107 Å². The Labute approximate surface area is 172 Å². The fourth-order valence-corrected chi connectivity index (χ4v) is 3.45. The number of amides is 1. The molecule has 0 spiro atoms. The molecule has 1 fully saturated rings. The third-order valence-electron chi connectivity index (χ3n) is 4.64. The van der Waals surface area contributed by atoms with Gasteiger partial charge in [0.15, 0.2) is 11.5 Å². The largest absolute Gasteiger partial charge is 0.507 e. The molecule has 2 aromatic rings. The van der Waals surface area contributed by atoms with Crippen LogP contribution in [0.3, 0.4) is 0 Å². The molecular formula is C21H20ClNO6. The standard InChI is InChI=1S/C21H20ClNO6/c1-11(24)10-23-18(13-5-8-15(25)16(9-13)29-2)17(20(27)21(23)28)19(26)12-3-6-14(22)7-4-12/h3-9,11,18,24-26H,10H2,1-2H3/t11-,18+/m1/s1. The molecular weight excluding hydrogens is 398 g/mol. The number of phenolic OH excluding ortho intramolecular Hbond substituents is 1. The lowest BCUT2D eigenvalue weighted by Gasteiger charge is -2.26. The quantitative estimate of drug-likeness (QED) is 0.392. The fourth-order valence-electron chi connectivity index (χ4n) is 3.33. The molecule has 1 amide bonds. The molecule has 1 heterocycles. The van der Waals surface area contributed by atoms with Gasteiger partial charge in [0, 0.05) is 17.1 Å². The Kier molecular flexibility index (Phi) is 5.81. The number of methoxy groups -OCH3 is 1. The molecule has 7 nitrogen and oxygen atoms in total. The van der Waals surface area contributed by atoms with E-state index in [0.717, 1.165) is 0 Å². The number of phenols is 1. The summed E-state index contributed by atoms with van der Waals surface area (Å²) in [7, 11) is 1.37. The van der Waals surface area contributed by atoms with E-state index < -0.39 is 23.8 Å².